The summed E-state index contributed by atoms with van der Waals surface area (Å²) in [5.74, 6) is -0.612. The second kappa shape index (κ2) is 6.13. The number of benzene rings is 1. The highest BCUT2D eigenvalue weighted by molar-refractivity contribution is 9.10. The van der Waals surface area contributed by atoms with E-state index in [4.69, 9.17) is 0 Å². The number of esters is 1. The topological polar surface area (TPSA) is 60.3 Å². The van der Waals surface area contributed by atoms with Gasteiger partial charge in [0.25, 0.3) is 5.91 Å². The molecule has 1 aromatic carbocycles. The lowest BCUT2D eigenvalue weighted by molar-refractivity contribution is 0.0600. The lowest BCUT2D eigenvalue weighted by Gasteiger charge is -2.10. The van der Waals surface area contributed by atoms with Gasteiger partial charge in [0.1, 0.15) is 5.69 Å². The van der Waals surface area contributed by atoms with Crippen molar-refractivity contribution in [3.8, 4) is 0 Å². The number of nitrogens with zero attached hydrogens (tertiary/aromatic N) is 1. The number of aromatic nitrogens is 1. The van der Waals surface area contributed by atoms with E-state index in [9.17, 15) is 9.59 Å². The predicted molar refractivity (Wildman–Crippen MR) is 83.6 cm³/mol. The van der Waals surface area contributed by atoms with Crippen LogP contribution in [0, 0.1) is 6.92 Å². The molecular weight excluding hydrogens is 336 g/mol. The number of rotatable bonds is 3. The lowest BCUT2D eigenvalue weighted by atomic mass is 10.1. The Morgan fingerprint density at radius 2 is 2.00 bits per heavy atom. The molecule has 0 atom stereocenters. The minimum Gasteiger partial charge on any atom is -0.465 e. The molecule has 5 nitrogen and oxygen atoms in total. The molecule has 0 saturated heterocycles. The van der Waals surface area contributed by atoms with Gasteiger partial charge in [0.05, 0.1) is 12.7 Å². The molecule has 1 N–H and O–H groups in total. The Bertz CT molecular complexity index is 707. The van der Waals surface area contributed by atoms with Crippen LogP contribution in [0.25, 0.3) is 0 Å². The predicted octanol–water partition coefficient (Wildman–Crippen LogP) is 3.13. The van der Waals surface area contributed by atoms with Gasteiger partial charge in [0.2, 0.25) is 0 Å². The van der Waals surface area contributed by atoms with Gasteiger partial charge in [-0.3, -0.25) is 4.79 Å². The van der Waals surface area contributed by atoms with Crippen molar-refractivity contribution < 1.29 is 14.3 Å². The average molecular weight is 351 g/mol. The number of carbonyl (C=O) groups excluding carboxylic acids is 2. The lowest BCUT2D eigenvalue weighted by Crippen LogP contribution is -2.16. The molecule has 0 fully saturated rings. The number of hydrogen-bond donors (Lipinski definition) is 1. The van der Waals surface area contributed by atoms with E-state index in [2.05, 4.69) is 26.0 Å². The second-order valence-electron chi connectivity index (χ2n) is 4.63. The van der Waals surface area contributed by atoms with Gasteiger partial charge in [0, 0.05) is 23.4 Å². The molecule has 2 aromatic rings. The molecule has 0 saturated carbocycles. The Hall–Kier alpha value is -2.08. The zero-order valence-corrected chi connectivity index (χ0v) is 13.5. The van der Waals surface area contributed by atoms with E-state index < -0.39 is 5.97 Å². The quantitative estimate of drug-likeness (QED) is 0.865. The molecule has 110 valence electrons. The Kier molecular flexibility index (Phi) is 4.47. The van der Waals surface area contributed by atoms with E-state index in [0.717, 1.165) is 10.0 Å². The first-order valence-electron chi connectivity index (χ1n) is 6.24. The summed E-state index contributed by atoms with van der Waals surface area (Å²) in [5.41, 5.74) is 2.44. The number of hydrogen-bond acceptors (Lipinski definition) is 3. The van der Waals surface area contributed by atoms with Crippen LogP contribution in [0.4, 0.5) is 5.69 Å². The normalized spacial score (nSPS) is 10.3. The van der Waals surface area contributed by atoms with E-state index in [1.807, 2.05) is 13.1 Å². The maximum Gasteiger partial charge on any atom is 0.337 e. The first kappa shape index (κ1) is 15.3. The fraction of sp³-hybridized carbons (Fsp3) is 0.200. The summed E-state index contributed by atoms with van der Waals surface area (Å²) < 4.78 is 7.24. The minimum atomic E-state index is -0.401. The highest BCUT2D eigenvalue weighted by atomic mass is 79.9. The number of halogens is 1. The SMILES string of the molecule is COC(=O)c1ccc(NC(=O)c2cc(Br)cn2C)c(C)c1. The summed E-state index contributed by atoms with van der Waals surface area (Å²) in [6, 6.07) is 6.74. The van der Waals surface area contributed by atoms with Crippen LogP contribution in [0.3, 0.4) is 0 Å². The van der Waals surface area contributed by atoms with Crippen molar-refractivity contribution in [3.63, 3.8) is 0 Å². The Balaban J connectivity index is 2.22. The fourth-order valence-corrected chi connectivity index (χ4v) is 2.51. The van der Waals surface area contributed by atoms with Gasteiger partial charge in [-0.15, -0.1) is 0 Å². The third-order valence-electron chi connectivity index (χ3n) is 3.10. The first-order valence-corrected chi connectivity index (χ1v) is 7.04. The number of aryl methyl sites for hydroxylation is 2. The number of carbonyl (C=O) groups is 2. The van der Waals surface area contributed by atoms with Crippen LogP contribution in [0.1, 0.15) is 26.4 Å². The van der Waals surface area contributed by atoms with Gasteiger partial charge in [-0.1, -0.05) is 0 Å². The number of ether oxygens (including phenoxy) is 1. The smallest absolute Gasteiger partial charge is 0.337 e. The Morgan fingerprint density at radius 1 is 1.29 bits per heavy atom. The van der Waals surface area contributed by atoms with Gasteiger partial charge >= 0.3 is 5.97 Å². The molecule has 1 aromatic heterocycles. The molecule has 0 aliphatic heterocycles. The second-order valence-corrected chi connectivity index (χ2v) is 5.55. The standard InChI is InChI=1S/C15H15BrN2O3/c1-9-6-10(15(20)21-3)4-5-12(9)17-14(19)13-7-11(16)8-18(13)2/h4-8H,1-3H3,(H,17,19). The summed E-state index contributed by atoms with van der Waals surface area (Å²) in [5, 5.41) is 2.83. The number of amides is 1. The maximum atomic E-state index is 12.2. The van der Waals surface area contributed by atoms with Gasteiger partial charge in [-0.05, 0) is 52.7 Å². The molecule has 2 rings (SSSR count). The van der Waals surface area contributed by atoms with Crippen molar-refractivity contribution in [2.75, 3.05) is 12.4 Å². The molecule has 0 radical (unpaired) electrons. The summed E-state index contributed by atoms with van der Waals surface area (Å²) in [7, 11) is 3.13. The van der Waals surface area contributed by atoms with Crippen LogP contribution in [-0.2, 0) is 11.8 Å². The molecule has 21 heavy (non-hydrogen) atoms. The monoisotopic (exact) mass is 350 g/mol. The van der Waals surface area contributed by atoms with Gasteiger partial charge in [0.15, 0.2) is 0 Å². The van der Waals surface area contributed by atoms with Crippen molar-refractivity contribution in [2.24, 2.45) is 7.05 Å². The molecule has 0 bridgehead atoms. The first-order chi connectivity index (χ1) is 9.92. The third-order valence-corrected chi connectivity index (χ3v) is 3.53. The van der Waals surface area contributed by atoms with Gasteiger partial charge in [-0.25, -0.2) is 4.79 Å². The van der Waals surface area contributed by atoms with E-state index in [1.54, 1.807) is 35.9 Å². The van der Waals surface area contributed by atoms with Crippen molar-refractivity contribution in [1.82, 2.24) is 4.57 Å². The summed E-state index contributed by atoms with van der Waals surface area (Å²) >= 11 is 3.33. The highest BCUT2D eigenvalue weighted by Gasteiger charge is 2.13. The summed E-state index contributed by atoms with van der Waals surface area (Å²) in [6.07, 6.45) is 1.81. The van der Waals surface area contributed by atoms with Crippen molar-refractivity contribution >= 4 is 33.5 Å². The van der Waals surface area contributed by atoms with Crippen LogP contribution >= 0.6 is 15.9 Å². The largest absolute Gasteiger partial charge is 0.465 e. The molecule has 1 heterocycles. The highest BCUT2D eigenvalue weighted by Crippen LogP contribution is 2.19. The van der Waals surface area contributed by atoms with Crippen molar-refractivity contribution in [3.05, 3.63) is 51.8 Å². The van der Waals surface area contributed by atoms with Crippen LogP contribution < -0.4 is 5.32 Å². The molecule has 0 aliphatic rings. The average Bonchev–Trinajstić information content (AvgIpc) is 2.79. The molecular formula is C15H15BrN2O3. The van der Waals surface area contributed by atoms with Crippen molar-refractivity contribution in [1.29, 1.82) is 0 Å². The van der Waals surface area contributed by atoms with Crippen LogP contribution in [0.2, 0.25) is 0 Å². The molecule has 0 aliphatic carbocycles. The summed E-state index contributed by atoms with van der Waals surface area (Å²) in [6.45, 7) is 1.82. The maximum absolute atomic E-state index is 12.2. The van der Waals surface area contributed by atoms with E-state index in [1.165, 1.54) is 7.11 Å². The van der Waals surface area contributed by atoms with Gasteiger partial charge < -0.3 is 14.6 Å². The molecule has 1 amide bonds. The third kappa shape index (κ3) is 3.33. The Morgan fingerprint density at radius 3 is 2.52 bits per heavy atom. The summed E-state index contributed by atoms with van der Waals surface area (Å²) in [4.78, 5) is 23.7. The molecule has 6 heteroatoms. The minimum absolute atomic E-state index is 0.211. The van der Waals surface area contributed by atoms with Crippen LogP contribution in [0.15, 0.2) is 34.9 Å². The number of nitrogens with one attached hydrogen (secondary N) is 1. The van der Waals surface area contributed by atoms with Crippen molar-refractivity contribution in [2.45, 2.75) is 6.92 Å². The van der Waals surface area contributed by atoms with E-state index in [0.29, 0.717) is 16.9 Å². The van der Waals surface area contributed by atoms with Gasteiger partial charge in [-0.2, -0.15) is 0 Å². The molecule has 0 spiro atoms. The Labute approximate surface area is 131 Å². The number of methoxy groups -OCH3 is 1. The fourth-order valence-electron chi connectivity index (χ4n) is 1.99. The van der Waals surface area contributed by atoms with E-state index >= 15 is 0 Å². The van der Waals surface area contributed by atoms with E-state index in [-0.39, 0.29) is 5.91 Å². The number of anilines is 1. The van der Waals surface area contributed by atoms with Crippen LogP contribution in [-0.4, -0.2) is 23.6 Å². The zero-order valence-electron chi connectivity index (χ0n) is 11.9. The van der Waals surface area contributed by atoms with Crippen LogP contribution in [0.5, 0.6) is 0 Å². The zero-order chi connectivity index (χ0) is 15.6. The molecule has 0 unspecified atom stereocenters.